The van der Waals surface area contributed by atoms with E-state index in [1.165, 1.54) is 88.2 Å². The molecule has 2 unspecified atom stereocenters. The number of nitrogens with two attached hydrogens (primary N) is 1. The quantitative estimate of drug-likeness (QED) is 0.0417. The summed E-state index contributed by atoms with van der Waals surface area (Å²) in [7, 11) is 0. The van der Waals surface area contributed by atoms with Gasteiger partial charge in [-0.2, -0.15) is 0 Å². The van der Waals surface area contributed by atoms with Gasteiger partial charge in [0, 0.05) is 88.3 Å². The summed E-state index contributed by atoms with van der Waals surface area (Å²) in [5.74, 6) is -1.17. The van der Waals surface area contributed by atoms with Gasteiger partial charge in [0.25, 0.3) is 11.9 Å². The number of hydrogen-bond acceptors (Lipinski definition) is 6. The van der Waals surface area contributed by atoms with Gasteiger partial charge < -0.3 is 31.9 Å². The zero-order chi connectivity index (χ0) is 51.5. The van der Waals surface area contributed by atoms with Gasteiger partial charge in [-0.05, 0) is 179 Å². The molecule has 0 aliphatic heterocycles. The molecule has 0 bridgehead atoms. The van der Waals surface area contributed by atoms with Gasteiger partial charge in [-0.25, -0.2) is 0 Å². The van der Waals surface area contributed by atoms with Crippen LogP contribution in [0.15, 0.2) is 126 Å². The van der Waals surface area contributed by atoms with Crippen molar-refractivity contribution in [2.75, 3.05) is 36.8 Å². The molecule has 0 aromatic heterocycles. The third-order valence-electron chi connectivity index (χ3n) is 12.8. The molecule has 0 saturated carbocycles. The van der Waals surface area contributed by atoms with E-state index in [-0.39, 0.29) is 27.8 Å². The standard InChI is InChI=1S/C28H36N2.C17H22N2.C11H15Br.2C2H4O2.CH4.Pd/c1-20-21(2)23(4)28(24(5)22(20)3)29-18-12-15-26(25-13-8-6-9-14-25)19-30-27-16-10-7-11-17-27;18-13-14-19-17(16-9-5-2-6-10-16)12-11-15-7-3-1-4-8-15;1-6-7(2)9(4)11(12)10(5)8(6)3;2*1-2(3)4;;/h6-11,13-14,16-17,26,29-30H,12,15,18-19H2,1-5H3;1-10,17,19H,11-14,18H2;1-5H3;2*1H3,(H,3,4);1H4;. The number of halogens is 1. The third kappa shape index (κ3) is 23.8. The molecule has 0 radical (unpaired) electrons. The van der Waals surface area contributed by atoms with E-state index in [1.54, 1.807) is 0 Å². The molecular formula is C61H85BrN4O4Pd. The maximum atomic E-state index is 9.00. The fraction of sp³-hybridized carbons (Fsp3) is 0.377. The Morgan fingerprint density at radius 1 is 0.535 bits per heavy atom. The van der Waals surface area contributed by atoms with Gasteiger partial charge in [0.2, 0.25) is 0 Å². The second kappa shape index (κ2) is 35.9. The molecule has 10 heteroatoms. The first-order valence-corrected chi connectivity index (χ1v) is 24.9. The molecule has 6 aromatic rings. The van der Waals surface area contributed by atoms with Gasteiger partial charge in [-0.1, -0.05) is 133 Å². The van der Waals surface area contributed by atoms with E-state index in [4.69, 9.17) is 25.5 Å². The predicted octanol–water partition coefficient (Wildman–Crippen LogP) is 15.0. The number of aryl methyl sites for hydroxylation is 1. The Kier molecular flexibility index (Phi) is 33.4. The minimum atomic E-state index is -0.833. The van der Waals surface area contributed by atoms with Crippen molar-refractivity contribution in [3.8, 4) is 0 Å². The second-order valence-corrected chi connectivity index (χ2v) is 18.4. The maximum Gasteiger partial charge on any atom is 0.300 e. The normalized spacial score (nSPS) is 10.8. The van der Waals surface area contributed by atoms with Gasteiger partial charge in [0.1, 0.15) is 0 Å². The van der Waals surface area contributed by atoms with Crippen LogP contribution >= 0.6 is 15.9 Å². The molecule has 0 amide bonds. The van der Waals surface area contributed by atoms with Crippen LogP contribution in [0.5, 0.6) is 0 Å². The molecule has 0 fully saturated rings. The second-order valence-electron chi connectivity index (χ2n) is 17.6. The third-order valence-corrected chi connectivity index (χ3v) is 14.0. The van der Waals surface area contributed by atoms with Gasteiger partial charge in [-0.3, -0.25) is 9.59 Å². The van der Waals surface area contributed by atoms with Crippen molar-refractivity contribution in [2.45, 2.75) is 128 Å². The topological polar surface area (TPSA) is 137 Å². The van der Waals surface area contributed by atoms with E-state index in [0.717, 1.165) is 59.2 Å². The molecule has 0 spiro atoms. The molecule has 390 valence electrons. The van der Waals surface area contributed by atoms with Crippen LogP contribution < -0.4 is 21.7 Å². The molecular weight excluding hydrogens is 1040 g/mol. The van der Waals surface area contributed by atoms with E-state index in [9.17, 15) is 0 Å². The van der Waals surface area contributed by atoms with Crippen molar-refractivity contribution < 1.29 is 40.2 Å². The SMILES string of the molecule is C.CC(=O)O.CC(=O)O.Cc1c(C)c(C)c(Br)c(C)c1C.Cc1c(C)c(C)c(NCCCC(CNc2ccccc2)c2ccccc2)c(C)c1C.NCCNC(CCc1ccccc1)c1ccccc1.[Pd]. The van der Waals surface area contributed by atoms with Crippen molar-refractivity contribution in [3.63, 3.8) is 0 Å². The van der Waals surface area contributed by atoms with Crippen LogP contribution in [0.1, 0.15) is 125 Å². The van der Waals surface area contributed by atoms with Crippen molar-refractivity contribution in [1.29, 1.82) is 0 Å². The van der Waals surface area contributed by atoms with Gasteiger partial charge in [0.05, 0.1) is 0 Å². The van der Waals surface area contributed by atoms with Crippen LogP contribution in [0.25, 0.3) is 0 Å². The monoisotopic (exact) mass is 1120 g/mol. The summed E-state index contributed by atoms with van der Waals surface area (Å²) in [6.45, 7) is 27.7. The van der Waals surface area contributed by atoms with Crippen LogP contribution in [0.4, 0.5) is 11.4 Å². The summed E-state index contributed by atoms with van der Waals surface area (Å²) in [6, 6.07) is 43.0. The van der Waals surface area contributed by atoms with Crippen LogP contribution in [0, 0.1) is 69.2 Å². The van der Waals surface area contributed by atoms with Crippen molar-refractivity contribution in [1.82, 2.24) is 5.32 Å². The number of carboxylic acids is 2. The molecule has 71 heavy (non-hydrogen) atoms. The Morgan fingerprint density at radius 3 is 1.35 bits per heavy atom. The number of carbonyl (C=O) groups is 2. The smallest absolute Gasteiger partial charge is 0.300 e. The van der Waals surface area contributed by atoms with Crippen molar-refractivity contribution in [2.24, 2.45) is 5.73 Å². The van der Waals surface area contributed by atoms with Crippen molar-refractivity contribution >= 4 is 39.2 Å². The van der Waals surface area contributed by atoms with Gasteiger partial charge in [-0.15, -0.1) is 0 Å². The first kappa shape index (κ1) is 65.9. The van der Waals surface area contributed by atoms with Gasteiger partial charge >= 0.3 is 0 Å². The fourth-order valence-electron chi connectivity index (χ4n) is 7.98. The number of nitrogens with one attached hydrogen (secondary N) is 3. The predicted molar refractivity (Wildman–Crippen MR) is 304 cm³/mol. The fourth-order valence-corrected chi connectivity index (χ4v) is 8.57. The van der Waals surface area contributed by atoms with Crippen molar-refractivity contribution in [3.05, 3.63) is 198 Å². The zero-order valence-corrected chi connectivity index (χ0v) is 47.0. The Labute approximate surface area is 450 Å². The number of para-hydroxylation sites is 1. The number of hydrogen-bond donors (Lipinski definition) is 6. The molecule has 0 heterocycles. The summed E-state index contributed by atoms with van der Waals surface area (Å²) in [5, 5.41) is 25.7. The van der Waals surface area contributed by atoms with E-state index in [2.05, 4.69) is 222 Å². The molecule has 8 nitrogen and oxygen atoms in total. The molecule has 6 rings (SSSR count). The Balaban J connectivity index is 0.00000102. The van der Waals surface area contributed by atoms with E-state index in [1.807, 2.05) is 0 Å². The molecule has 0 aliphatic carbocycles. The first-order chi connectivity index (χ1) is 32.8. The zero-order valence-electron chi connectivity index (χ0n) is 43.8. The Morgan fingerprint density at radius 2 is 0.915 bits per heavy atom. The summed E-state index contributed by atoms with van der Waals surface area (Å²) in [4.78, 5) is 18.0. The first-order valence-electron chi connectivity index (χ1n) is 24.1. The van der Waals surface area contributed by atoms with Gasteiger partial charge in [0.15, 0.2) is 0 Å². The van der Waals surface area contributed by atoms with Crippen LogP contribution in [0.3, 0.4) is 0 Å². The Hall–Kier alpha value is -5.08. The van der Waals surface area contributed by atoms with E-state index < -0.39 is 11.9 Å². The minimum Gasteiger partial charge on any atom is -0.481 e. The molecule has 2 atom stereocenters. The number of benzene rings is 6. The van der Waals surface area contributed by atoms with Crippen LogP contribution in [0.2, 0.25) is 0 Å². The minimum absolute atomic E-state index is 0. The summed E-state index contributed by atoms with van der Waals surface area (Å²) >= 11 is 3.61. The number of carboxylic acid groups (broad SMARTS) is 2. The number of aliphatic carboxylic acids is 2. The number of anilines is 2. The largest absolute Gasteiger partial charge is 0.481 e. The molecule has 0 saturated heterocycles. The van der Waals surface area contributed by atoms with E-state index >= 15 is 0 Å². The number of rotatable bonds is 16. The summed E-state index contributed by atoms with van der Waals surface area (Å²) in [6.07, 6.45) is 4.46. The summed E-state index contributed by atoms with van der Waals surface area (Å²) in [5.41, 5.74) is 26.3. The van der Waals surface area contributed by atoms with E-state index in [0.29, 0.717) is 18.5 Å². The molecule has 0 aliphatic rings. The maximum absolute atomic E-state index is 9.00. The molecule has 7 N–H and O–H groups in total. The van der Waals surface area contributed by atoms with Crippen LogP contribution in [-0.4, -0.2) is 48.3 Å². The Bertz CT molecular complexity index is 2280. The summed E-state index contributed by atoms with van der Waals surface area (Å²) < 4.78 is 1.27. The average molecular weight is 1120 g/mol. The van der Waals surface area contributed by atoms with Crippen LogP contribution in [-0.2, 0) is 36.4 Å². The molecule has 6 aromatic carbocycles. The average Bonchev–Trinajstić information content (AvgIpc) is 3.35.